The van der Waals surface area contributed by atoms with Gasteiger partial charge in [0.15, 0.2) is 17.3 Å². The Morgan fingerprint density at radius 2 is 1.86 bits per heavy atom. The first kappa shape index (κ1) is 20.8. The molecule has 150 valence electrons. The lowest BCUT2D eigenvalue weighted by Crippen LogP contribution is -2.16. The fourth-order valence-corrected chi connectivity index (χ4v) is 3.89. The lowest BCUT2D eigenvalue weighted by Gasteiger charge is -2.08. The molecule has 3 rings (SSSR count). The van der Waals surface area contributed by atoms with Crippen molar-refractivity contribution in [2.24, 2.45) is 5.10 Å². The summed E-state index contributed by atoms with van der Waals surface area (Å²) in [6.07, 6.45) is 1.15. The number of hydrazone groups is 1. The van der Waals surface area contributed by atoms with Crippen LogP contribution in [0.15, 0.2) is 48.8 Å². The zero-order chi connectivity index (χ0) is 21.1. The second-order valence-corrected chi connectivity index (χ2v) is 7.41. The molecule has 0 atom stereocenters. The smallest absolute Gasteiger partial charge is 0.307 e. The van der Waals surface area contributed by atoms with E-state index < -0.39 is 10.8 Å². The monoisotopic (exact) mass is 525 g/mol. The van der Waals surface area contributed by atoms with Crippen LogP contribution in [0.25, 0.3) is 11.0 Å². The Balaban J connectivity index is 1.85. The van der Waals surface area contributed by atoms with E-state index in [-0.39, 0.29) is 22.8 Å². The Labute approximate surface area is 181 Å². The Morgan fingerprint density at radius 3 is 2.52 bits per heavy atom. The Hall–Kier alpha value is -2.92. The third kappa shape index (κ3) is 4.40. The number of carbonyl (C=O) groups excluding carboxylic acids is 1. The molecule has 0 aliphatic carbocycles. The van der Waals surface area contributed by atoms with Crippen LogP contribution in [0.2, 0.25) is 0 Å². The molecule has 1 amide bonds. The van der Waals surface area contributed by atoms with Gasteiger partial charge in [-0.3, -0.25) is 14.9 Å². The second-order valence-electron chi connectivity index (χ2n) is 5.64. The van der Waals surface area contributed by atoms with Crippen LogP contribution in [0.3, 0.4) is 0 Å². The maximum Gasteiger partial charge on any atom is 0.307 e. The Kier molecular flexibility index (Phi) is 6.18. The second kappa shape index (κ2) is 8.62. The molecule has 0 bridgehead atoms. The molecule has 0 aliphatic heterocycles. The number of carbonyl (C=O) groups is 1. The van der Waals surface area contributed by atoms with Crippen LogP contribution in [0, 0.1) is 10.1 Å². The molecule has 3 aromatic rings. The van der Waals surface area contributed by atoms with Gasteiger partial charge in [0.25, 0.3) is 5.69 Å². The Bertz CT molecular complexity index is 1140. The molecule has 0 saturated carbocycles. The summed E-state index contributed by atoms with van der Waals surface area (Å²) in [4.78, 5) is 23.0. The van der Waals surface area contributed by atoms with Crippen LogP contribution in [-0.2, 0) is 0 Å². The van der Waals surface area contributed by atoms with E-state index in [2.05, 4.69) is 42.4 Å². The van der Waals surface area contributed by atoms with Crippen LogP contribution in [0.1, 0.15) is 16.1 Å². The fourth-order valence-electron chi connectivity index (χ4n) is 2.55. The lowest BCUT2D eigenvalue weighted by atomic mass is 10.1. The molecule has 0 aliphatic rings. The highest BCUT2D eigenvalue weighted by atomic mass is 79.9. The number of hydrogen-bond acceptors (Lipinski definition) is 7. The maximum atomic E-state index is 12.3. The van der Waals surface area contributed by atoms with Crippen LogP contribution in [0.5, 0.6) is 11.5 Å². The minimum absolute atomic E-state index is 0.0396. The number of benzene rings is 2. The fraction of sp³-hybridized carbons (Fsp3) is 0.111. The van der Waals surface area contributed by atoms with Gasteiger partial charge in [-0.1, -0.05) is 15.9 Å². The van der Waals surface area contributed by atoms with Gasteiger partial charge in [-0.25, -0.2) is 5.43 Å². The van der Waals surface area contributed by atoms with Crippen molar-refractivity contribution in [1.29, 1.82) is 0 Å². The molecule has 9 nitrogen and oxygen atoms in total. The van der Waals surface area contributed by atoms with E-state index in [1.165, 1.54) is 26.4 Å². The molecule has 0 radical (unpaired) electrons. The van der Waals surface area contributed by atoms with Crippen molar-refractivity contribution < 1.29 is 23.6 Å². The standard InChI is InChI=1S/C18H13Br2N3O6/c1-27-14-5-10(13(23(25)26)7-15(14)28-2)8-21-22-18(24)16-4-9-3-11(19)6-12(20)17(9)29-16/h3-8H,1-2H3,(H,22,24)/b21-8-. The van der Waals surface area contributed by atoms with Gasteiger partial charge in [0.1, 0.15) is 5.58 Å². The van der Waals surface area contributed by atoms with Crippen LogP contribution < -0.4 is 14.9 Å². The van der Waals surface area contributed by atoms with Crippen molar-refractivity contribution in [2.75, 3.05) is 14.2 Å². The molecule has 0 unspecified atom stereocenters. The molecule has 0 saturated heterocycles. The number of hydrogen-bond donors (Lipinski definition) is 1. The lowest BCUT2D eigenvalue weighted by molar-refractivity contribution is -0.385. The van der Waals surface area contributed by atoms with Crippen LogP contribution in [-0.4, -0.2) is 31.3 Å². The molecular weight excluding hydrogens is 514 g/mol. The molecule has 1 aromatic heterocycles. The summed E-state index contributed by atoms with van der Waals surface area (Å²) in [7, 11) is 2.78. The number of fused-ring (bicyclic) bond motifs is 1. The van der Waals surface area contributed by atoms with Crippen molar-refractivity contribution in [3.63, 3.8) is 0 Å². The van der Waals surface area contributed by atoms with E-state index >= 15 is 0 Å². The van der Waals surface area contributed by atoms with Gasteiger partial charge in [-0.15, -0.1) is 0 Å². The summed E-state index contributed by atoms with van der Waals surface area (Å²) in [5.74, 6) is -0.0700. The zero-order valence-electron chi connectivity index (χ0n) is 15.1. The normalized spacial score (nSPS) is 11.0. The summed E-state index contributed by atoms with van der Waals surface area (Å²) >= 11 is 6.74. The highest BCUT2D eigenvalue weighted by Crippen LogP contribution is 2.34. The van der Waals surface area contributed by atoms with Crippen molar-refractivity contribution in [3.8, 4) is 11.5 Å². The van der Waals surface area contributed by atoms with Crippen LogP contribution >= 0.6 is 31.9 Å². The van der Waals surface area contributed by atoms with Crippen molar-refractivity contribution in [1.82, 2.24) is 5.43 Å². The van der Waals surface area contributed by atoms with Gasteiger partial charge in [0, 0.05) is 9.86 Å². The number of rotatable bonds is 6. The predicted molar refractivity (Wildman–Crippen MR) is 113 cm³/mol. The number of nitro groups is 1. The van der Waals surface area contributed by atoms with Gasteiger partial charge in [0.05, 0.1) is 41.5 Å². The van der Waals surface area contributed by atoms with Gasteiger partial charge < -0.3 is 13.9 Å². The predicted octanol–water partition coefficient (Wildman–Crippen LogP) is 4.65. The highest BCUT2D eigenvalue weighted by molar-refractivity contribution is 9.11. The number of ether oxygens (including phenoxy) is 2. The number of furan rings is 1. The summed E-state index contributed by atoms with van der Waals surface area (Å²) < 4.78 is 17.3. The SMILES string of the molecule is COc1cc(/C=N\NC(=O)c2cc3cc(Br)cc(Br)c3o2)c([N+](=O)[O-])cc1OC. The minimum atomic E-state index is -0.608. The number of halogens is 2. The first-order valence-electron chi connectivity index (χ1n) is 7.96. The van der Waals surface area contributed by atoms with E-state index in [9.17, 15) is 14.9 Å². The Morgan fingerprint density at radius 1 is 1.17 bits per heavy atom. The largest absolute Gasteiger partial charge is 0.493 e. The van der Waals surface area contributed by atoms with Crippen LogP contribution in [0.4, 0.5) is 5.69 Å². The molecule has 1 N–H and O–H groups in total. The third-order valence-corrected chi connectivity index (χ3v) is 4.91. The van der Waals surface area contributed by atoms with E-state index in [4.69, 9.17) is 13.9 Å². The molecule has 0 spiro atoms. The first-order chi connectivity index (χ1) is 13.8. The van der Waals surface area contributed by atoms with Gasteiger partial charge >= 0.3 is 5.91 Å². The number of amides is 1. The van der Waals surface area contributed by atoms with Crippen molar-refractivity contribution in [3.05, 3.63) is 60.7 Å². The topological polar surface area (TPSA) is 116 Å². The quantitative estimate of drug-likeness (QED) is 0.284. The summed E-state index contributed by atoms with van der Waals surface area (Å²) in [6.45, 7) is 0. The average Bonchev–Trinajstić information content (AvgIpc) is 3.11. The molecule has 11 heteroatoms. The maximum absolute atomic E-state index is 12.3. The van der Waals surface area contributed by atoms with Crippen molar-refractivity contribution in [2.45, 2.75) is 0 Å². The van der Waals surface area contributed by atoms with E-state index in [1.807, 2.05) is 0 Å². The number of nitrogens with one attached hydrogen (secondary N) is 1. The number of nitro benzene ring substituents is 1. The zero-order valence-corrected chi connectivity index (χ0v) is 18.2. The number of nitrogens with zero attached hydrogens (tertiary/aromatic N) is 2. The molecule has 29 heavy (non-hydrogen) atoms. The van der Waals surface area contributed by atoms with Gasteiger partial charge in [-0.2, -0.15) is 5.10 Å². The summed E-state index contributed by atoms with van der Waals surface area (Å²) in [5.41, 5.74) is 2.68. The molecule has 0 fully saturated rings. The average molecular weight is 527 g/mol. The molecule has 1 heterocycles. The van der Waals surface area contributed by atoms with Gasteiger partial charge in [-0.05, 0) is 40.2 Å². The molecule has 2 aromatic carbocycles. The van der Waals surface area contributed by atoms with E-state index in [0.717, 1.165) is 16.1 Å². The summed E-state index contributed by atoms with van der Waals surface area (Å²) in [6, 6.07) is 7.77. The highest BCUT2D eigenvalue weighted by Gasteiger charge is 2.19. The molecular formula is C18H13Br2N3O6. The minimum Gasteiger partial charge on any atom is -0.493 e. The third-order valence-electron chi connectivity index (χ3n) is 3.86. The number of methoxy groups -OCH3 is 2. The van der Waals surface area contributed by atoms with Gasteiger partial charge in [0.2, 0.25) is 0 Å². The van der Waals surface area contributed by atoms with Crippen molar-refractivity contribution >= 4 is 60.6 Å². The van der Waals surface area contributed by atoms with E-state index in [0.29, 0.717) is 15.8 Å². The summed E-state index contributed by atoms with van der Waals surface area (Å²) in [5, 5.41) is 15.8. The van der Waals surface area contributed by atoms with E-state index in [1.54, 1.807) is 18.2 Å². The first-order valence-corrected chi connectivity index (χ1v) is 9.55.